The molecule has 0 unspecified atom stereocenters. The lowest BCUT2D eigenvalue weighted by Crippen LogP contribution is -1.99. The Bertz CT molecular complexity index is 666. The van der Waals surface area contributed by atoms with Gasteiger partial charge in [0.25, 0.3) is 5.69 Å². The average molecular weight is 361 g/mol. The average Bonchev–Trinajstić information content (AvgIpc) is 2.39. The third-order valence-electron chi connectivity index (χ3n) is 2.50. The first-order valence-corrected chi connectivity index (χ1v) is 6.65. The van der Waals surface area contributed by atoms with E-state index in [0.717, 1.165) is 0 Å². The van der Waals surface area contributed by atoms with Gasteiger partial charge in [-0.05, 0) is 29.8 Å². The molecule has 4 nitrogen and oxygen atoms in total. The Hall–Kier alpha value is -1.66. The van der Waals surface area contributed by atoms with Crippen LogP contribution in [-0.4, -0.2) is 4.92 Å². The molecule has 0 heterocycles. The maximum atomic E-state index is 13.5. The zero-order chi connectivity index (χ0) is 14.7. The van der Waals surface area contributed by atoms with Crippen molar-refractivity contribution in [1.82, 2.24) is 0 Å². The molecule has 20 heavy (non-hydrogen) atoms. The molecule has 0 bridgehead atoms. The Kier molecular flexibility index (Phi) is 4.57. The molecule has 0 saturated carbocycles. The second kappa shape index (κ2) is 6.19. The highest BCUT2D eigenvalue weighted by Crippen LogP contribution is 2.26. The molecule has 104 valence electrons. The molecule has 0 saturated heterocycles. The van der Waals surface area contributed by atoms with E-state index in [-0.39, 0.29) is 23.1 Å². The summed E-state index contributed by atoms with van der Waals surface area (Å²) in [5.41, 5.74) is 0.326. The fraction of sp³-hybridized carbons (Fsp3) is 0.0769. The zero-order valence-electron chi connectivity index (χ0n) is 9.98. The van der Waals surface area contributed by atoms with E-state index in [1.54, 1.807) is 12.1 Å². The van der Waals surface area contributed by atoms with Crippen LogP contribution in [-0.2, 0) is 6.61 Å². The third kappa shape index (κ3) is 3.46. The summed E-state index contributed by atoms with van der Waals surface area (Å²) in [6.45, 7) is 0.0105. The van der Waals surface area contributed by atoms with Gasteiger partial charge in [-0.25, -0.2) is 4.39 Å². The number of benzene rings is 2. The van der Waals surface area contributed by atoms with Crippen molar-refractivity contribution in [1.29, 1.82) is 0 Å². The maximum absolute atomic E-state index is 13.5. The normalized spacial score (nSPS) is 10.3. The second-order valence-electron chi connectivity index (χ2n) is 3.91. The van der Waals surface area contributed by atoms with E-state index < -0.39 is 10.7 Å². The summed E-state index contributed by atoms with van der Waals surface area (Å²) in [6.07, 6.45) is 0. The number of nitro benzene ring substituents is 1. The molecule has 0 amide bonds. The van der Waals surface area contributed by atoms with Crippen LogP contribution in [0.1, 0.15) is 5.56 Å². The number of hydrogen-bond acceptors (Lipinski definition) is 3. The molecule has 0 aromatic heterocycles. The first-order valence-electron chi connectivity index (χ1n) is 5.48. The van der Waals surface area contributed by atoms with Crippen molar-refractivity contribution in [2.75, 3.05) is 0 Å². The SMILES string of the molecule is O=[N+]([O-])c1cc(COc2ccc(Br)cc2F)ccc1Cl. The van der Waals surface area contributed by atoms with Crippen molar-refractivity contribution in [3.8, 4) is 5.75 Å². The van der Waals surface area contributed by atoms with Gasteiger partial charge in [-0.2, -0.15) is 0 Å². The van der Waals surface area contributed by atoms with E-state index in [1.807, 2.05) is 0 Å². The zero-order valence-corrected chi connectivity index (χ0v) is 12.3. The number of rotatable bonds is 4. The van der Waals surface area contributed by atoms with E-state index in [4.69, 9.17) is 16.3 Å². The van der Waals surface area contributed by atoms with Gasteiger partial charge in [0.15, 0.2) is 11.6 Å². The fourth-order valence-electron chi connectivity index (χ4n) is 1.54. The van der Waals surface area contributed by atoms with Crippen molar-refractivity contribution < 1.29 is 14.1 Å². The second-order valence-corrected chi connectivity index (χ2v) is 5.23. The van der Waals surface area contributed by atoms with Gasteiger partial charge >= 0.3 is 0 Å². The first-order chi connectivity index (χ1) is 9.47. The van der Waals surface area contributed by atoms with Gasteiger partial charge in [0.1, 0.15) is 11.6 Å². The topological polar surface area (TPSA) is 52.4 Å². The number of ether oxygens (including phenoxy) is 1. The highest BCUT2D eigenvalue weighted by atomic mass is 79.9. The number of hydrogen-bond donors (Lipinski definition) is 0. The molecule has 0 atom stereocenters. The Labute approximate surface area is 127 Å². The summed E-state index contributed by atoms with van der Waals surface area (Å²) < 4.78 is 19.4. The van der Waals surface area contributed by atoms with Crippen molar-refractivity contribution in [2.24, 2.45) is 0 Å². The highest BCUT2D eigenvalue weighted by molar-refractivity contribution is 9.10. The van der Waals surface area contributed by atoms with Gasteiger partial charge in [0, 0.05) is 10.5 Å². The molecule has 0 aliphatic heterocycles. The molecule has 2 aromatic rings. The summed E-state index contributed by atoms with van der Waals surface area (Å²) in [4.78, 5) is 10.2. The quantitative estimate of drug-likeness (QED) is 0.585. The Morgan fingerprint density at radius 3 is 2.70 bits per heavy atom. The molecule has 0 aliphatic rings. The maximum Gasteiger partial charge on any atom is 0.288 e. The van der Waals surface area contributed by atoms with E-state index in [0.29, 0.717) is 10.0 Å². The van der Waals surface area contributed by atoms with Crippen LogP contribution in [0.2, 0.25) is 5.02 Å². The molecular formula is C13H8BrClFNO3. The smallest absolute Gasteiger partial charge is 0.288 e. The van der Waals surface area contributed by atoms with Crippen molar-refractivity contribution in [2.45, 2.75) is 6.61 Å². The van der Waals surface area contributed by atoms with Crippen molar-refractivity contribution >= 4 is 33.2 Å². The molecule has 0 N–H and O–H groups in total. The summed E-state index contributed by atoms with van der Waals surface area (Å²) in [5.74, 6) is -0.436. The summed E-state index contributed by atoms with van der Waals surface area (Å²) in [7, 11) is 0. The predicted molar refractivity (Wildman–Crippen MR) is 76.5 cm³/mol. The Morgan fingerprint density at radius 2 is 2.05 bits per heavy atom. The van der Waals surface area contributed by atoms with Gasteiger partial charge in [-0.15, -0.1) is 0 Å². The predicted octanol–water partition coefficient (Wildman–Crippen LogP) is 4.73. The summed E-state index contributed by atoms with van der Waals surface area (Å²) in [5, 5.41) is 10.8. The first kappa shape index (κ1) is 14.7. The largest absolute Gasteiger partial charge is 0.486 e. The molecule has 0 spiro atoms. The molecule has 7 heteroatoms. The lowest BCUT2D eigenvalue weighted by atomic mass is 10.2. The number of nitro groups is 1. The Balaban J connectivity index is 2.15. The van der Waals surface area contributed by atoms with E-state index in [1.165, 1.54) is 24.3 Å². The van der Waals surface area contributed by atoms with Crippen LogP contribution < -0.4 is 4.74 Å². The van der Waals surface area contributed by atoms with Gasteiger partial charge < -0.3 is 4.74 Å². The van der Waals surface area contributed by atoms with Gasteiger partial charge in [0.2, 0.25) is 0 Å². The third-order valence-corrected chi connectivity index (χ3v) is 3.31. The molecule has 0 radical (unpaired) electrons. The van der Waals surface area contributed by atoms with Crippen LogP contribution in [0.3, 0.4) is 0 Å². The van der Waals surface area contributed by atoms with E-state index >= 15 is 0 Å². The number of halogens is 3. The van der Waals surface area contributed by atoms with Crippen LogP contribution in [0.25, 0.3) is 0 Å². The van der Waals surface area contributed by atoms with Gasteiger partial charge in [-0.3, -0.25) is 10.1 Å². The molecule has 2 aromatic carbocycles. The summed E-state index contributed by atoms with van der Waals surface area (Å²) in [6, 6.07) is 8.70. The minimum Gasteiger partial charge on any atom is -0.486 e. The summed E-state index contributed by atoms with van der Waals surface area (Å²) >= 11 is 8.84. The minimum absolute atomic E-state index is 0.0105. The molecule has 0 fully saturated rings. The Morgan fingerprint density at radius 1 is 1.30 bits per heavy atom. The standard InChI is InChI=1S/C13H8BrClFNO3/c14-9-2-4-13(11(16)6-9)20-7-8-1-3-10(15)12(5-8)17(18)19/h1-6H,7H2. The van der Waals surface area contributed by atoms with Crippen molar-refractivity contribution in [3.05, 3.63) is 67.4 Å². The van der Waals surface area contributed by atoms with Crippen LogP contribution in [0, 0.1) is 15.9 Å². The van der Waals surface area contributed by atoms with Crippen LogP contribution in [0.5, 0.6) is 5.75 Å². The van der Waals surface area contributed by atoms with Crippen molar-refractivity contribution in [3.63, 3.8) is 0 Å². The fourth-order valence-corrected chi connectivity index (χ4v) is 2.06. The number of nitrogens with zero attached hydrogens (tertiary/aromatic N) is 1. The minimum atomic E-state index is -0.577. The van der Waals surface area contributed by atoms with E-state index in [2.05, 4.69) is 15.9 Å². The van der Waals surface area contributed by atoms with Crippen LogP contribution in [0.4, 0.5) is 10.1 Å². The van der Waals surface area contributed by atoms with Crippen LogP contribution in [0.15, 0.2) is 40.9 Å². The lowest BCUT2D eigenvalue weighted by molar-refractivity contribution is -0.384. The van der Waals surface area contributed by atoms with Gasteiger partial charge in [0.05, 0.1) is 4.92 Å². The molecule has 0 aliphatic carbocycles. The van der Waals surface area contributed by atoms with Crippen LogP contribution >= 0.6 is 27.5 Å². The monoisotopic (exact) mass is 359 g/mol. The molecular weight excluding hydrogens is 353 g/mol. The molecule has 2 rings (SSSR count). The van der Waals surface area contributed by atoms with Gasteiger partial charge in [-0.1, -0.05) is 33.6 Å². The highest BCUT2D eigenvalue weighted by Gasteiger charge is 2.13. The lowest BCUT2D eigenvalue weighted by Gasteiger charge is -2.08. The van der Waals surface area contributed by atoms with E-state index in [9.17, 15) is 14.5 Å².